The summed E-state index contributed by atoms with van der Waals surface area (Å²) in [6, 6.07) is 9.24. The van der Waals surface area contributed by atoms with E-state index < -0.39 is 12.0 Å². The van der Waals surface area contributed by atoms with Crippen LogP contribution in [0.4, 0.5) is 16.3 Å². The Labute approximate surface area is 126 Å². The van der Waals surface area contributed by atoms with Crippen molar-refractivity contribution in [3.8, 4) is 5.75 Å². The maximum atomic E-state index is 12.4. The van der Waals surface area contributed by atoms with Crippen LogP contribution in [0.25, 0.3) is 0 Å². The second-order valence-corrected chi connectivity index (χ2v) is 4.61. The van der Waals surface area contributed by atoms with Gasteiger partial charge < -0.3 is 15.2 Å². The molecule has 0 fully saturated rings. The highest BCUT2D eigenvalue weighted by Crippen LogP contribution is 2.29. The molecule has 0 saturated carbocycles. The monoisotopic (exact) mass is 299 g/mol. The molecule has 22 heavy (non-hydrogen) atoms. The second-order valence-electron chi connectivity index (χ2n) is 4.61. The molecule has 1 aliphatic heterocycles. The van der Waals surface area contributed by atoms with E-state index in [1.54, 1.807) is 36.5 Å². The van der Waals surface area contributed by atoms with Gasteiger partial charge in [-0.2, -0.15) is 0 Å². The summed E-state index contributed by atoms with van der Waals surface area (Å²) >= 11 is 0. The van der Waals surface area contributed by atoms with Gasteiger partial charge in [0.1, 0.15) is 6.61 Å². The molecule has 2 aromatic rings. The average molecular weight is 299 g/mol. The molecule has 0 radical (unpaired) electrons. The minimum Gasteiger partial charge on any atom is -0.488 e. The fraction of sp³-hybridized carbons (Fsp3) is 0.133. The lowest BCUT2D eigenvalue weighted by Gasteiger charge is -2.28. The van der Waals surface area contributed by atoms with Crippen molar-refractivity contribution in [2.75, 3.05) is 23.4 Å². The molecular formula is C15H13N3O4. The number of urea groups is 1. The van der Waals surface area contributed by atoms with Crippen LogP contribution in [0.5, 0.6) is 5.75 Å². The third kappa shape index (κ3) is 2.56. The number of hydrogen-bond donors (Lipinski definition) is 2. The van der Waals surface area contributed by atoms with Crippen LogP contribution in [-0.4, -0.2) is 35.2 Å². The molecule has 0 spiro atoms. The van der Waals surface area contributed by atoms with Gasteiger partial charge >= 0.3 is 12.0 Å². The molecule has 0 atom stereocenters. The number of carbonyl (C=O) groups excluding carboxylic acids is 1. The third-order valence-electron chi connectivity index (χ3n) is 3.22. The Morgan fingerprint density at radius 2 is 2.05 bits per heavy atom. The van der Waals surface area contributed by atoms with Crippen LogP contribution in [0.15, 0.2) is 42.6 Å². The first-order valence-electron chi connectivity index (χ1n) is 6.65. The number of nitrogens with zero attached hydrogens (tertiary/aromatic N) is 2. The average Bonchev–Trinajstić information content (AvgIpc) is 2.54. The van der Waals surface area contributed by atoms with E-state index in [1.165, 1.54) is 11.0 Å². The Hall–Kier alpha value is -3.09. The number of carbonyl (C=O) groups is 2. The lowest BCUT2D eigenvalue weighted by atomic mass is 10.2. The molecule has 2 amide bonds. The summed E-state index contributed by atoms with van der Waals surface area (Å²) in [5.74, 6) is -0.161. The Morgan fingerprint density at radius 3 is 2.86 bits per heavy atom. The maximum absolute atomic E-state index is 12.4. The quantitative estimate of drug-likeness (QED) is 0.887. The van der Waals surface area contributed by atoms with E-state index in [-0.39, 0.29) is 11.3 Å². The highest BCUT2D eigenvalue weighted by atomic mass is 16.5. The van der Waals surface area contributed by atoms with E-state index in [0.717, 1.165) is 0 Å². The minimum atomic E-state index is -1.10. The largest absolute Gasteiger partial charge is 0.488 e. The number of carboxylic acids is 1. The number of aromatic nitrogens is 1. The molecule has 112 valence electrons. The molecule has 3 rings (SSSR count). The Kier molecular flexibility index (Phi) is 3.61. The van der Waals surface area contributed by atoms with Crippen molar-refractivity contribution < 1.29 is 19.4 Å². The number of aromatic carboxylic acids is 1. The Bertz CT molecular complexity index is 732. The van der Waals surface area contributed by atoms with E-state index >= 15 is 0 Å². The molecule has 1 aromatic carbocycles. The zero-order chi connectivity index (χ0) is 15.5. The number of amides is 2. The number of carboxylic acid groups (broad SMARTS) is 1. The highest BCUT2D eigenvalue weighted by Gasteiger charge is 2.25. The summed E-state index contributed by atoms with van der Waals surface area (Å²) in [6.45, 7) is 0.692. The molecule has 1 aromatic heterocycles. The number of hydrogen-bond acceptors (Lipinski definition) is 4. The van der Waals surface area contributed by atoms with Crippen LogP contribution in [0, 0.1) is 0 Å². The van der Waals surface area contributed by atoms with Crippen LogP contribution in [0.1, 0.15) is 10.4 Å². The lowest BCUT2D eigenvalue weighted by molar-refractivity contribution is 0.0698. The zero-order valence-electron chi connectivity index (χ0n) is 11.5. The van der Waals surface area contributed by atoms with E-state index in [2.05, 4.69) is 10.3 Å². The first-order chi connectivity index (χ1) is 10.7. The van der Waals surface area contributed by atoms with Gasteiger partial charge in [-0.1, -0.05) is 12.1 Å². The molecule has 1 aliphatic rings. The van der Waals surface area contributed by atoms with Crippen molar-refractivity contribution in [2.45, 2.75) is 0 Å². The summed E-state index contributed by atoms with van der Waals surface area (Å²) in [7, 11) is 0. The van der Waals surface area contributed by atoms with Crippen LogP contribution in [-0.2, 0) is 0 Å². The van der Waals surface area contributed by atoms with Crippen molar-refractivity contribution in [1.82, 2.24) is 4.98 Å². The fourth-order valence-corrected chi connectivity index (χ4v) is 2.21. The number of anilines is 2. The zero-order valence-corrected chi connectivity index (χ0v) is 11.5. The van der Waals surface area contributed by atoms with Crippen LogP contribution in [0.2, 0.25) is 0 Å². The molecule has 0 unspecified atom stereocenters. The molecule has 7 nitrogen and oxygen atoms in total. The van der Waals surface area contributed by atoms with Gasteiger partial charge in [0.25, 0.3) is 0 Å². The first kappa shape index (κ1) is 13.9. The van der Waals surface area contributed by atoms with Gasteiger partial charge in [-0.15, -0.1) is 0 Å². The summed E-state index contributed by atoms with van der Waals surface area (Å²) in [4.78, 5) is 29.2. The molecule has 2 N–H and O–H groups in total. The van der Waals surface area contributed by atoms with Crippen LogP contribution < -0.4 is 15.0 Å². The molecule has 0 saturated heterocycles. The van der Waals surface area contributed by atoms with Gasteiger partial charge in [-0.25, -0.2) is 14.6 Å². The highest BCUT2D eigenvalue weighted by molar-refractivity contribution is 6.06. The lowest BCUT2D eigenvalue weighted by Crippen LogP contribution is -2.41. The van der Waals surface area contributed by atoms with E-state index in [0.29, 0.717) is 24.7 Å². The predicted octanol–water partition coefficient (Wildman–Crippen LogP) is 2.21. The van der Waals surface area contributed by atoms with Gasteiger partial charge in [-0.3, -0.25) is 4.90 Å². The Balaban J connectivity index is 1.86. The first-order valence-corrected chi connectivity index (χ1v) is 6.65. The van der Waals surface area contributed by atoms with Gasteiger partial charge in [0, 0.05) is 6.20 Å². The van der Waals surface area contributed by atoms with Crippen molar-refractivity contribution in [3.05, 3.63) is 48.2 Å². The topological polar surface area (TPSA) is 91.8 Å². The normalized spacial score (nSPS) is 13.0. The van der Waals surface area contributed by atoms with E-state index in [9.17, 15) is 9.59 Å². The number of benzene rings is 1. The van der Waals surface area contributed by atoms with Crippen molar-refractivity contribution >= 4 is 23.5 Å². The summed E-state index contributed by atoms with van der Waals surface area (Å²) in [5.41, 5.74) is 0.273. The van der Waals surface area contributed by atoms with Gasteiger partial charge in [0.2, 0.25) is 0 Å². The van der Waals surface area contributed by atoms with E-state index in [1.807, 2.05) is 0 Å². The van der Waals surface area contributed by atoms with Crippen molar-refractivity contribution in [3.63, 3.8) is 0 Å². The maximum Gasteiger partial charge on any atom is 0.337 e. The van der Waals surface area contributed by atoms with Gasteiger partial charge in [0.15, 0.2) is 11.6 Å². The molecular weight excluding hydrogens is 286 g/mol. The number of fused-ring (bicyclic) bond motifs is 1. The molecule has 7 heteroatoms. The standard InChI is InChI=1S/C15H13N3O4/c19-14(20)10-4-1-2-5-11(10)17-15(21)18-8-9-22-12-6-3-7-16-13(12)18/h1-7H,8-9H2,(H,17,21)(H,19,20). The van der Waals surface area contributed by atoms with Crippen molar-refractivity contribution in [2.24, 2.45) is 0 Å². The summed E-state index contributed by atoms with van der Waals surface area (Å²) in [6.07, 6.45) is 1.57. The third-order valence-corrected chi connectivity index (χ3v) is 3.22. The number of rotatable bonds is 2. The summed E-state index contributed by atoms with van der Waals surface area (Å²) < 4.78 is 5.44. The Morgan fingerprint density at radius 1 is 1.23 bits per heavy atom. The number of nitrogens with one attached hydrogen (secondary N) is 1. The number of pyridine rings is 1. The second kappa shape index (κ2) is 5.72. The van der Waals surface area contributed by atoms with Gasteiger partial charge in [-0.05, 0) is 24.3 Å². The minimum absolute atomic E-state index is 0.0327. The van der Waals surface area contributed by atoms with Crippen LogP contribution in [0.3, 0.4) is 0 Å². The number of ether oxygens (including phenoxy) is 1. The van der Waals surface area contributed by atoms with Crippen molar-refractivity contribution in [1.29, 1.82) is 0 Å². The molecule has 0 bridgehead atoms. The van der Waals surface area contributed by atoms with E-state index in [4.69, 9.17) is 9.84 Å². The van der Waals surface area contributed by atoms with Crippen LogP contribution >= 0.6 is 0 Å². The molecule has 2 heterocycles. The SMILES string of the molecule is O=C(O)c1ccccc1NC(=O)N1CCOc2cccnc21. The molecule has 0 aliphatic carbocycles. The smallest absolute Gasteiger partial charge is 0.337 e. The summed E-state index contributed by atoms with van der Waals surface area (Å²) in [5, 5.41) is 11.8. The van der Waals surface area contributed by atoms with Gasteiger partial charge in [0.05, 0.1) is 17.8 Å². The number of para-hydroxylation sites is 1. The predicted molar refractivity (Wildman–Crippen MR) is 79.5 cm³/mol. The fourth-order valence-electron chi connectivity index (χ4n) is 2.21.